The van der Waals surface area contributed by atoms with Crippen LogP contribution < -0.4 is 16.0 Å². The van der Waals surface area contributed by atoms with E-state index in [-0.39, 0.29) is 18.4 Å². The highest BCUT2D eigenvalue weighted by molar-refractivity contribution is 5.78. The fourth-order valence-corrected chi connectivity index (χ4v) is 1.04. The molecule has 0 aromatic rings. The van der Waals surface area contributed by atoms with Crippen molar-refractivity contribution in [3.63, 3.8) is 0 Å². The Morgan fingerprint density at radius 3 is 2.50 bits per heavy atom. The maximum Gasteiger partial charge on any atom is 0.234 e. The van der Waals surface area contributed by atoms with E-state index in [9.17, 15) is 9.59 Å². The summed E-state index contributed by atoms with van der Waals surface area (Å²) in [6.07, 6.45) is 0.388. The van der Waals surface area contributed by atoms with E-state index in [4.69, 9.17) is 4.74 Å². The van der Waals surface area contributed by atoms with E-state index < -0.39 is 0 Å². The van der Waals surface area contributed by atoms with Crippen LogP contribution in [0.25, 0.3) is 0 Å². The first kappa shape index (κ1) is 14.9. The number of hydrogen-bond donors (Lipinski definition) is 3. The Hall–Kier alpha value is -1.14. The average Bonchev–Trinajstić information content (AvgIpc) is 2.25. The lowest BCUT2D eigenvalue weighted by atomic mass is 10.4. The molecule has 16 heavy (non-hydrogen) atoms. The minimum absolute atomic E-state index is 0.00482. The molecule has 0 heterocycles. The molecule has 0 saturated heterocycles. The molecule has 94 valence electrons. The summed E-state index contributed by atoms with van der Waals surface area (Å²) in [6.45, 7) is 4.25. The van der Waals surface area contributed by atoms with Crippen molar-refractivity contribution in [1.29, 1.82) is 0 Å². The van der Waals surface area contributed by atoms with Crippen LogP contribution in [0, 0.1) is 0 Å². The summed E-state index contributed by atoms with van der Waals surface area (Å²) in [5.41, 5.74) is 0. The molecule has 0 aromatic carbocycles. The summed E-state index contributed by atoms with van der Waals surface area (Å²) in [5.74, 6) is -0.0947. The van der Waals surface area contributed by atoms with Crippen LogP contribution in [0.3, 0.4) is 0 Å². The number of amides is 2. The van der Waals surface area contributed by atoms with Gasteiger partial charge in [0.2, 0.25) is 11.8 Å². The molecule has 0 aliphatic carbocycles. The van der Waals surface area contributed by atoms with Crippen LogP contribution in [0.1, 0.15) is 13.3 Å². The molecule has 0 aromatic heterocycles. The molecular formula is C10H21N3O3. The van der Waals surface area contributed by atoms with Gasteiger partial charge in [0.25, 0.3) is 0 Å². The molecule has 0 rings (SSSR count). The molecule has 2 amide bonds. The summed E-state index contributed by atoms with van der Waals surface area (Å²) in [5, 5.41) is 8.24. The zero-order valence-electron chi connectivity index (χ0n) is 9.97. The fraction of sp³-hybridized carbons (Fsp3) is 0.800. The first-order valence-corrected chi connectivity index (χ1v) is 5.43. The van der Waals surface area contributed by atoms with Crippen LogP contribution in [0.4, 0.5) is 0 Å². The van der Waals surface area contributed by atoms with Crippen molar-refractivity contribution in [3.05, 3.63) is 0 Å². The molecule has 0 aliphatic rings. The predicted octanol–water partition coefficient (Wildman–Crippen LogP) is -1.14. The predicted molar refractivity (Wildman–Crippen MR) is 61.1 cm³/mol. The van der Waals surface area contributed by atoms with Gasteiger partial charge in [0.1, 0.15) is 0 Å². The van der Waals surface area contributed by atoms with Gasteiger partial charge in [0, 0.05) is 33.2 Å². The van der Waals surface area contributed by atoms with Gasteiger partial charge in [0.05, 0.1) is 13.2 Å². The van der Waals surface area contributed by atoms with Gasteiger partial charge >= 0.3 is 0 Å². The third-order valence-corrected chi connectivity index (χ3v) is 1.82. The molecule has 3 N–H and O–H groups in total. The van der Waals surface area contributed by atoms with Gasteiger partial charge in [-0.1, -0.05) is 0 Å². The van der Waals surface area contributed by atoms with Gasteiger partial charge in [0.15, 0.2) is 0 Å². The zero-order chi connectivity index (χ0) is 12.2. The molecule has 0 unspecified atom stereocenters. The van der Waals surface area contributed by atoms with E-state index in [1.807, 2.05) is 6.92 Å². The minimum Gasteiger partial charge on any atom is -0.383 e. The Balaban J connectivity index is 3.30. The van der Waals surface area contributed by atoms with E-state index >= 15 is 0 Å². The lowest BCUT2D eigenvalue weighted by Gasteiger charge is -2.06. The third kappa shape index (κ3) is 9.42. The highest BCUT2D eigenvalue weighted by atomic mass is 16.5. The third-order valence-electron chi connectivity index (χ3n) is 1.82. The van der Waals surface area contributed by atoms with E-state index in [1.54, 1.807) is 7.11 Å². The topological polar surface area (TPSA) is 79.5 Å². The first-order valence-electron chi connectivity index (χ1n) is 5.43. The smallest absolute Gasteiger partial charge is 0.234 e. The van der Waals surface area contributed by atoms with Gasteiger partial charge in [-0.05, 0) is 6.92 Å². The Bertz CT molecular complexity index is 209. The summed E-state index contributed by atoms with van der Waals surface area (Å²) in [7, 11) is 1.58. The lowest BCUT2D eigenvalue weighted by Crippen LogP contribution is -2.37. The van der Waals surface area contributed by atoms with Gasteiger partial charge < -0.3 is 20.7 Å². The molecule has 0 spiro atoms. The van der Waals surface area contributed by atoms with E-state index in [0.29, 0.717) is 32.7 Å². The SMILES string of the molecule is CCNC(=O)CCNCC(=O)NCCOC. The Labute approximate surface area is 96.1 Å². The van der Waals surface area contributed by atoms with Crippen LogP contribution in [0.15, 0.2) is 0 Å². The molecular weight excluding hydrogens is 210 g/mol. The normalized spacial score (nSPS) is 9.88. The zero-order valence-corrected chi connectivity index (χ0v) is 9.97. The monoisotopic (exact) mass is 231 g/mol. The number of hydrogen-bond acceptors (Lipinski definition) is 4. The molecule has 0 saturated carbocycles. The summed E-state index contributed by atoms with van der Waals surface area (Å²) in [6, 6.07) is 0. The van der Waals surface area contributed by atoms with E-state index in [1.165, 1.54) is 0 Å². The van der Waals surface area contributed by atoms with Crippen LogP contribution in [-0.4, -0.2) is 51.7 Å². The van der Waals surface area contributed by atoms with E-state index in [0.717, 1.165) is 0 Å². The Morgan fingerprint density at radius 1 is 1.12 bits per heavy atom. The van der Waals surface area contributed by atoms with Crippen molar-refractivity contribution >= 4 is 11.8 Å². The van der Waals surface area contributed by atoms with Crippen LogP contribution in [0.5, 0.6) is 0 Å². The van der Waals surface area contributed by atoms with Crippen LogP contribution >= 0.6 is 0 Å². The van der Waals surface area contributed by atoms with Gasteiger partial charge in [-0.3, -0.25) is 9.59 Å². The highest BCUT2D eigenvalue weighted by Crippen LogP contribution is 1.76. The van der Waals surface area contributed by atoms with Crippen molar-refractivity contribution in [2.75, 3.05) is 39.9 Å². The first-order chi connectivity index (χ1) is 7.70. The molecule has 0 radical (unpaired) electrons. The quantitative estimate of drug-likeness (QED) is 0.438. The maximum atomic E-state index is 11.2. The van der Waals surface area contributed by atoms with Crippen molar-refractivity contribution in [2.45, 2.75) is 13.3 Å². The van der Waals surface area contributed by atoms with Crippen molar-refractivity contribution in [1.82, 2.24) is 16.0 Å². The molecule has 0 bridgehead atoms. The summed E-state index contributed by atoms with van der Waals surface area (Å²) >= 11 is 0. The lowest BCUT2D eigenvalue weighted by molar-refractivity contribution is -0.122. The fourth-order valence-electron chi connectivity index (χ4n) is 1.04. The number of nitrogens with one attached hydrogen (secondary N) is 3. The standard InChI is InChI=1S/C10H21N3O3/c1-3-12-9(14)4-5-11-8-10(15)13-6-7-16-2/h11H,3-8H2,1-2H3,(H,12,14)(H,13,15). The second kappa shape index (κ2) is 10.4. The Kier molecular flexibility index (Phi) is 9.64. The average molecular weight is 231 g/mol. The number of carbonyl (C=O) groups excluding carboxylic acids is 2. The number of rotatable bonds is 9. The summed E-state index contributed by atoms with van der Waals surface area (Å²) in [4.78, 5) is 22.2. The van der Waals surface area contributed by atoms with Crippen LogP contribution in [0.2, 0.25) is 0 Å². The molecule has 0 aliphatic heterocycles. The molecule has 6 nitrogen and oxygen atoms in total. The second-order valence-electron chi connectivity index (χ2n) is 3.22. The minimum atomic E-state index is -0.0899. The number of ether oxygens (including phenoxy) is 1. The van der Waals surface area contributed by atoms with Gasteiger partial charge in [-0.25, -0.2) is 0 Å². The molecule has 0 atom stereocenters. The van der Waals surface area contributed by atoms with Crippen molar-refractivity contribution in [2.24, 2.45) is 0 Å². The van der Waals surface area contributed by atoms with Crippen molar-refractivity contribution in [3.8, 4) is 0 Å². The number of carbonyl (C=O) groups is 2. The van der Waals surface area contributed by atoms with E-state index in [2.05, 4.69) is 16.0 Å². The molecule has 6 heteroatoms. The maximum absolute atomic E-state index is 11.2. The molecule has 0 fully saturated rings. The number of methoxy groups -OCH3 is 1. The highest BCUT2D eigenvalue weighted by Gasteiger charge is 2.01. The van der Waals surface area contributed by atoms with Crippen molar-refractivity contribution < 1.29 is 14.3 Å². The summed E-state index contributed by atoms with van der Waals surface area (Å²) < 4.78 is 4.79. The van der Waals surface area contributed by atoms with Gasteiger partial charge in [-0.2, -0.15) is 0 Å². The second-order valence-corrected chi connectivity index (χ2v) is 3.22. The van der Waals surface area contributed by atoms with Crippen LogP contribution in [-0.2, 0) is 14.3 Å². The Morgan fingerprint density at radius 2 is 1.88 bits per heavy atom. The van der Waals surface area contributed by atoms with Gasteiger partial charge in [-0.15, -0.1) is 0 Å². The largest absolute Gasteiger partial charge is 0.383 e.